The zero-order valence-electron chi connectivity index (χ0n) is 10.6. The minimum absolute atomic E-state index is 0.450. The molecular formula is C12H21N5. The second-order valence-corrected chi connectivity index (χ2v) is 4.72. The van der Waals surface area contributed by atoms with Crippen molar-refractivity contribution in [2.24, 2.45) is 5.73 Å². The number of likely N-dealkylation sites (tertiary alicyclic amines) is 1. The summed E-state index contributed by atoms with van der Waals surface area (Å²) in [5, 5.41) is 0. The van der Waals surface area contributed by atoms with Crippen LogP contribution in [-0.4, -0.2) is 48.1 Å². The zero-order chi connectivity index (χ0) is 12.3. The standard InChI is InChI=1S/C12H21N5/c1-16-5-3-11(4-6-16)17(2)12-9-14-10(7-13)8-15-12/h8-9,11H,3-7,13H2,1-2H3. The van der Waals surface area contributed by atoms with Gasteiger partial charge >= 0.3 is 0 Å². The van der Waals surface area contributed by atoms with E-state index in [2.05, 4.69) is 33.9 Å². The third-order valence-corrected chi connectivity index (χ3v) is 3.50. The van der Waals surface area contributed by atoms with E-state index < -0.39 is 0 Å². The lowest BCUT2D eigenvalue weighted by Crippen LogP contribution is -2.42. The molecule has 1 aromatic heterocycles. The molecule has 0 radical (unpaired) electrons. The third-order valence-electron chi connectivity index (χ3n) is 3.50. The molecule has 94 valence electrons. The quantitative estimate of drug-likeness (QED) is 0.825. The predicted molar refractivity (Wildman–Crippen MR) is 68.8 cm³/mol. The number of anilines is 1. The van der Waals surface area contributed by atoms with Crippen LogP contribution in [0.25, 0.3) is 0 Å². The van der Waals surface area contributed by atoms with Crippen LogP contribution in [0.5, 0.6) is 0 Å². The van der Waals surface area contributed by atoms with Gasteiger partial charge in [0.2, 0.25) is 0 Å². The van der Waals surface area contributed by atoms with Gasteiger partial charge in [-0.1, -0.05) is 0 Å². The van der Waals surface area contributed by atoms with Crippen LogP contribution in [0.4, 0.5) is 5.82 Å². The summed E-state index contributed by atoms with van der Waals surface area (Å²) in [7, 11) is 4.27. The fourth-order valence-electron chi connectivity index (χ4n) is 2.20. The first-order valence-corrected chi connectivity index (χ1v) is 6.13. The van der Waals surface area contributed by atoms with E-state index in [0.717, 1.165) is 24.6 Å². The summed E-state index contributed by atoms with van der Waals surface area (Å²) in [5.74, 6) is 0.941. The van der Waals surface area contributed by atoms with E-state index in [-0.39, 0.29) is 0 Å². The Kier molecular flexibility index (Phi) is 3.91. The molecule has 0 aromatic carbocycles. The summed E-state index contributed by atoms with van der Waals surface area (Å²) in [6, 6.07) is 0.573. The van der Waals surface area contributed by atoms with Gasteiger partial charge in [0, 0.05) is 19.6 Å². The molecule has 1 fully saturated rings. The summed E-state index contributed by atoms with van der Waals surface area (Å²) in [6.45, 7) is 2.76. The number of hydrogen-bond donors (Lipinski definition) is 1. The summed E-state index contributed by atoms with van der Waals surface area (Å²) in [6.07, 6.45) is 5.96. The zero-order valence-corrected chi connectivity index (χ0v) is 10.6. The molecule has 0 saturated carbocycles. The van der Waals surface area contributed by atoms with E-state index >= 15 is 0 Å². The number of hydrogen-bond acceptors (Lipinski definition) is 5. The Morgan fingerprint density at radius 1 is 1.35 bits per heavy atom. The van der Waals surface area contributed by atoms with Crippen molar-refractivity contribution >= 4 is 5.82 Å². The number of nitrogens with two attached hydrogens (primary N) is 1. The average molecular weight is 235 g/mol. The highest BCUT2D eigenvalue weighted by molar-refractivity contribution is 5.36. The fraction of sp³-hybridized carbons (Fsp3) is 0.667. The molecule has 0 aliphatic carbocycles. The molecule has 1 saturated heterocycles. The lowest BCUT2D eigenvalue weighted by Gasteiger charge is -2.35. The van der Waals surface area contributed by atoms with Crippen LogP contribution in [-0.2, 0) is 6.54 Å². The number of rotatable bonds is 3. The van der Waals surface area contributed by atoms with E-state index in [1.807, 2.05) is 6.20 Å². The Balaban J connectivity index is 2.00. The minimum Gasteiger partial charge on any atom is -0.355 e. The van der Waals surface area contributed by atoms with Gasteiger partial charge in [-0.2, -0.15) is 0 Å². The molecule has 1 aliphatic rings. The van der Waals surface area contributed by atoms with Crippen LogP contribution in [0.15, 0.2) is 12.4 Å². The van der Waals surface area contributed by atoms with Gasteiger partial charge < -0.3 is 15.5 Å². The molecule has 0 atom stereocenters. The van der Waals surface area contributed by atoms with Crippen LogP contribution >= 0.6 is 0 Å². The highest BCUT2D eigenvalue weighted by Gasteiger charge is 2.21. The molecule has 0 spiro atoms. The van der Waals surface area contributed by atoms with E-state index in [1.54, 1.807) is 6.20 Å². The summed E-state index contributed by atoms with van der Waals surface area (Å²) in [5.41, 5.74) is 6.35. The van der Waals surface area contributed by atoms with Crippen molar-refractivity contribution in [3.8, 4) is 0 Å². The first kappa shape index (κ1) is 12.3. The van der Waals surface area contributed by atoms with Crippen molar-refractivity contribution in [2.45, 2.75) is 25.4 Å². The second kappa shape index (κ2) is 5.42. The molecule has 1 aromatic rings. The monoisotopic (exact) mass is 235 g/mol. The highest BCUT2D eigenvalue weighted by Crippen LogP contribution is 2.19. The lowest BCUT2D eigenvalue weighted by atomic mass is 10.0. The Labute approximate surface area is 103 Å². The molecule has 1 aliphatic heterocycles. The van der Waals surface area contributed by atoms with Gasteiger partial charge in [-0.3, -0.25) is 4.98 Å². The predicted octanol–water partition coefficient (Wildman–Crippen LogP) is 0.466. The normalized spacial score (nSPS) is 18.3. The molecule has 2 N–H and O–H groups in total. The Morgan fingerprint density at radius 2 is 2.06 bits per heavy atom. The maximum atomic E-state index is 5.51. The maximum absolute atomic E-state index is 5.51. The first-order chi connectivity index (χ1) is 8.20. The molecule has 5 heteroatoms. The first-order valence-electron chi connectivity index (χ1n) is 6.13. The Hall–Kier alpha value is -1.20. The smallest absolute Gasteiger partial charge is 0.147 e. The van der Waals surface area contributed by atoms with Crippen LogP contribution in [0.2, 0.25) is 0 Å². The van der Waals surface area contributed by atoms with Crippen LogP contribution in [0.3, 0.4) is 0 Å². The number of aromatic nitrogens is 2. The van der Waals surface area contributed by atoms with Crippen molar-refractivity contribution in [1.29, 1.82) is 0 Å². The van der Waals surface area contributed by atoms with Crippen LogP contribution in [0, 0.1) is 0 Å². The second-order valence-electron chi connectivity index (χ2n) is 4.72. The molecule has 0 amide bonds. The van der Waals surface area contributed by atoms with Gasteiger partial charge in [-0.15, -0.1) is 0 Å². The number of nitrogens with zero attached hydrogens (tertiary/aromatic N) is 4. The van der Waals surface area contributed by atoms with Gasteiger partial charge in [0.1, 0.15) is 5.82 Å². The van der Waals surface area contributed by atoms with Gasteiger partial charge in [-0.05, 0) is 33.0 Å². The molecule has 17 heavy (non-hydrogen) atoms. The molecular weight excluding hydrogens is 214 g/mol. The summed E-state index contributed by atoms with van der Waals surface area (Å²) < 4.78 is 0. The van der Waals surface area contributed by atoms with E-state index in [9.17, 15) is 0 Å². The van der Waals surface area contributed by atoms with Gasteiger partial charge in [-0.25, -0.2) is 4.98 Å². The topological polar surface area (TPSA) is 58.3 Å². The van der Waals surface area contributed by atoms with E-state index in [0.29, 0.717) is 12.6 Å². The van der Waals surface area contributed by atoms with Crippen molar-refractivity contribution in [1.82, 2.24) is 14.9 Å². The fourth-order valence-corrected chi connectivity index (χ4v) is 2.20. The van der Waals surface area contributed by atoms with Crippen molar-refractivity contribution in [3.05, 3.63) is 18.1 Å². The maximum Gasteiger partial charge on any atom is 0.147 e. The number of piperidine rings is 1. The van der Waals surface area contributed by atoms with Crippen molar-refractivity contribution in [3.63, 3.8) is 0 Å². The average Bonchev–Trinajstić information content (AvgIpc) is 2.39. The van der Waals surface area contributed by atoms with E-state index in [4.69, 9.17) is 5.73 Å². The Bertz CT molecular complexity index is 342. The molecule has 0 bridgehead atoms. The third kappa shape index (κ3) is 2.92. The lowest BCUT2D eigenvalue weighted by molar-refractivity contribution is 0.252. The van der Waals surface area contributed by atoms with Gasteiger partial charge in [0.05, 0.1) is 18.1 Å². The molecule has 2 heterocycles. The summed E-state index contributed by atoms with van der Waals surface area (Å²) in [4.78, 5) is 13.3. The molecule has 2 rings (SSSR count). The molecule has 0 unspecified atom stereocenters. The molecule has 5 nitrogen and oxygen atoms in total. The largest absolute Gasteiger partial charge is 0.355 e. The summed E-state index contributed by atoms with van der Waals surface area (Å²) >= 11 is 0. The van der Waals surface area contributed by atoms with Crippen molar-refractivity contribution < 1.29 is 0 Å². The Morgan fingerprint density at radius 3 is 2.59 bits per heavy atom. The van der Waals surface area contributed by atoms with Gasteiger partial charge in [0.25, 0.3) is 0 Å². The van der Waals surface area contributed by atoms with Crippen LogP contribution in [0.1, 0.15) is 18.5 Å². The highest BCUT2D eigenvalue weighted by atomic mass is 15.2. The van der Waals surface area contributed by atoms with Gasteiger partial charge in [0.15, 0.2) is 0 Å². The minimum atomic E-state index is 0.450. The SMILES string of the molecule is CN1CCC(N(C)c2cnc(CN)cn2)CC1. The van der Waals surface area contributed by atoms with Crippen molar-refractivity contribution in [2.75, 3.05) is 32.1 Å². The van der Waals surface area contributed by atoms with E-state index in [1.165, 1.54) is 12.8 Å². The van der Waals surface area contributed by atoms with Crippen LogP contribution < -0.4 is 10.6 Å².